The van der Waals surface area contributed by atoms with Gasteiger partial charge < -0.3 is 10.1 Å². The van der Waals surface area contributed by atoms with Crippen molar-refractivity contribution < 1.29 is 9.53 Å². The molecule has 1 aromatic carbocycles. The molecule has 0 bridgehead atoms. The van der Waals surface area contributed by atoms with Gasteiger partial charge in [0.15, 0.2) is 0 Å². The van der Waals surface area contributed by atoms with Gasteiger partial charge in [0.05, 0.1) is 11.9 Å². The van der Waals surface area contributed by atoms with E-state index in [1.165, 1.54) is 0 Å². The lowest BCUT2D eigenvalue weighted by Gasteiger charge is -2.07. The first kappa shape index (κ1) is 18.2. The highest BCUT2D eigenvalue weighted by molar-refractivity contribution is 5.76. The van der Waals surface area contributed by atoms with Gasteiger partial charge in [-0.3, -0.25) is 4.79 Å². The maximum atomic E-state index is 11.9. The van der Waals surface area contributed by atoms with Gasteiger partial charge in [0.25, 0.3) is 0 Å². The molecular weight excluding hydrogens is 302 g/mol. The molecule has 5 nitrogen and oxygen atoms in total. The van der Waals surface area contributed by atoms with E-state index < -0.39 is 0 Å². The average molecular weight is 329 g/mol. The molecule has 0 aliphatic rings. The number of aromatic nitrogens is 2. The second-order valence-electron chi connectivity index (χ2n) is 6.30. The summed E-state index contributed by atoms with van der Waals surface area (Å²) >= 11 is 0. The molecule has 0 radical (unpaired) electrons. The predicted octanol–water partition coefficient (Wildman–Crippen LogP) is 2.98. The first-order valence-electron chi connectivity index (χ1n) is 8.58. The van der Waals surface area contributed by atoms with E-state index in [-0.39, 0.29) is 5.91 Å². The Bertz CT molecular complexity index is 608. The van der Waals surface area contributed by atoms with Gasteiger partial charge in [-0.1, -0.05) is 32.0 Å². The molecule has 130 valence electrons. The minimum Gasteiger partial charge on any atom is -0.381 e. The van der Waals surface area contributed by atoms with Crippen LogP contribution in [-0.4, -0.2) is 35.4 Å². The molecule has 0 spiro atoms. The third kappa shape index (κ3) is 6.54. The van der Waals surface area contributed by atoms with Crippen LogP contribution < -0.4 is 5.32 Å². The summed E-state index contributed by atoms with van der Waals surface area (Å²) in [6, 6.07) is 9.95. The number of aryl methyl sites for hydroxylation is 1. The maximum Gasteiger partial charge on any atom is 0.220 e. The van der Waals surface area contributed by atoms with E-state index in [1.807, 2.05) is 47.4 Å². The highest BCUT2D eigenvalue weighted by atomic mass is 16.5. The molecule has 5 heteroatoms. The monoisotopic (exact) mass is 329 g/mol. The Morgan fingerprint density at radius 3 is 2.83 bits per heavy atom. The summed E-state index contributed by atoms with van der Waals surface area (Å²) in [5.41, 5.74) is 2.09. The smallest absolute Gasteiger partial charge is 0.220 e. The van der Waals surface area contributed by atoms with Crippen molar-refractivity contribution in [3.63, 3.8) is 0 Å². The molecule has 1 amide bonds. The van der Waals surface area contributed by atoms with E-state index in [0.29, 0.717) is 31.9 Å². The molecule has 0 unspecified atom stereocenters. The number of amides is 1. The van der Waals surface area contributed by atoms with Crippen LogP contribution in [0.25, 0.3) is 5.69 Å². The van der Waals surface area contributed by atoms with Gasteiger partial charge in [0, 0.05) is 32.4 Å². The minimum absolute atomic E-state index is 0.0753. The zero-order valence-electron chi connectivity index (χ0n) is 14.6. The Morgan fingerprint density at radius 2 is 2.08 bits per heavy atom. The Labute approximate surface area is 144 Å². The van der Waals surface area contributed by atoms with Gasteiger partial charge in [0.2, 0.25) is 5.91 Å². The van der Waals surface area contributed by atoms with Crippen molar-refractivity contribution in [3.05, 3.63) is 48.3 Å². The molecule has 2 rings (SSSR count). The third-order valence-electron chi connectivity index (χ3n) is 3.54. The van der Waals surface area contributed by atoms with Crippen molar-refractivity contribution in [1.82, 2.24) is 15.1 Å². The first-order chi connectivity index (χ1) is 11.6. The van der Waals surface area contributed by atoms with Gasteiger partial charge >= 0.3 is 0 Å². The molecule has 0 saturated carbocycles. The van der Waals surface area contributed by atoms with Crippen LogP contribution in [0.2, 0.25) is 0 Å². The van der Waals surface area contributed by atoms with Crippen molar-refractivity contribution in [2.75, 3.05) is 19.8 Å². The van der Waals surface area contributed by atoms with Gasteiger partial charge in [-0.2, -0.15) is 5.10 Å². The summed E-state index contributed by atoms with van der Waals surface area (Å²) in [6.45, 7) is 6.39. The highest BCUT2D eigenvalue weighted by Gasteiger charge is 2.05. The van der Waals surface area contributed by atoms with Crippen LogP contribution in [0.5, 0.6) is 0 Å². The second-order valence-corrected chi connectivity index (χ2v) is 6.30. The largest absolute Gasteiger partial charge is 0.381 e. The van der Waals surface area contributed by atoms with Crippen LogP contribution in [-0.2, 0) is 16.0 Å². The molecule has 0 aliphatic heterocycles. The fraction of sp³-hybridized carbons (Fsp3) is 0.474. The fourth-order valence-corrected chi connectivity index (χ4v) is 2.28. The normalized spacial score (nSPS) is 11.0. The topological polar surface area (TPSA) is 56.1 Å². The number of carbonyl (C=O) groups excluding carboxylic acids is 1. The van der Waals surface area contributed by atoms with Crippen LogP contribution in [0.15, 0.2) is 42.7 Å². The molecule has 1 heterocycles. The molecule has 0 saturated heterocycles. The summed E-state index contributed by atoms with van der Waals surface area (Å²) in [5, 5.41) is 7.28. The van der Waals surface area contributed by atoms with Gasteiger partial charge in [-0.25, -0.2) is 4.68 Å². The molecule has 1 aromatic heterocycles. The van der Waals surface area contributed by atoms with E-state index >= 15 is 0 Å². The highest BCUT2D eigenvalue weighted by Crippen LogP contribution is 2.09. The van der Waals surface area contributed by atoms with Crippen molar-refractivity contribution in [3.8, 4) is 5.69 Å². The van der Waals surface area contributed by atoms with Crippen LogP contribution in [0, 0.1) is 5.92 Å². The van der Waals surface area contributed by atoms with Crippen molar-refractivity contribution in [2.24, 2.45) is 5.92 Å². The lowest BCUT2D eigenvalue weighted by molar-refractivity contribution is -0.121. The molecule has 24 heavy (non-hydrogen) atoms. The Hall–Kier alpha value is -2.14. The lowest BCUT2D eigenvalue weighted by atomic mass is 10.2. The summed E-state index contributed by atoms with van der Waals surface area (Å²) in [4.78, 5) is 11.9. The molecular formula is C19H27N3O2. The maximum absolute atomic E-state index is 11.9. The number of rotatable bonds is 10. The molecule has 1 N–H and O–H groups in total. The van der Waals surface area contributed by atoms with E-state index in [1.54, 1.807) is 0 Å². The Kier molecular flexibility index (Phi) is 7.49. The minimum atomic E-state index is 0.0753. The van der Waals surface area contributed by atoms with Crippen molar-refractivity contribution in [1.29, 1.82) is 0 Å². The lowest BCUT2D eigenvalue weighted by Crippen LogP contribution is -2.25. The van der Waals surface area contributed by atoms with Gasteiger partial charge in [-0.05, 0) is 36.5 Å². The van der Waals surface area contributed by atoms with E-state index in [4.69, 9.17) is 4.74 Å². The van der Waals surface area contributed by atoms with Gasteiger partial charge in [-0.15, -0.1) is 0 Å². The van der Waals surface area contributed by atoms with Gasteiger partial charge in [0.1, 0.15) is 0 Å². The van der Waals surface area contributed by atoms with E-state index in [9.17, 15) is 4.79 Å². The number of para-hydroxylation sites is 1. The second kappa shape index (κ2) is 9.88. The zero-order chi connectivity index (χ0) is 17.2. The van der Waals surface area contributed by atoms with Crippen LogP contribution in [0.4, 0.5) is 0 Å². The molecule has 0 atom stereocenters. The zero-order valence-corrected chi connectivity index (χ0v) is 14.6. The third-order valence-corrected chi connectivity index (χ3v) is 3.54. The number of benzene rings is 1. The van der Waals surface area contributed by atoms with Crippen LogP contribution in [0.1, 0.15) is 32.3 Å². The first-order valence-corrected chi connectivity index (χ1v) is 8.58. The molecule has 0 fully saturated rings. The summed E-state index contributed by atoms with van der Waals surface area (Å²) in [7, 11) is 0. The Morgan fingerprint density at radius 1 is 1.29 bits per heavy atom. The van der Waals surface area contributed by atoms with Crippen molar-refractivity contribution in [2.45, 2.75) is 33.1 Å². The number of carbonyl (C=O) groups is 1. The number of hydrogen-bond acceptors (Lipinski definition) is 3. The van der Waals surface area contributed by atoms with Crippen molar-refractivity contribution >= 4 is 5.91 Å². The fourth-order valence-electron chi connectivity index (χ4n) is 2.28. The van der Waals surface area contributed by atoms with Crippen LogP contribution in [0.3, 0.4) is 0 Å². The number of hydrogen-bond donors (Lipinski definition) is 1. The number of ether oxygens (including phenoxy) is 1. The molecule has 2 aromatic rings. The number of nitrogens with one attached hydrogen (secondary N) is 1. The standard InChI is InChI=1S/C19H27N3O2/c1-16(2)15-24-12-6-11-20-19(23)10-9-17-13-21-22(14-17)18-7-4-3-5-8-18/h3-5,7-8,13-14,16H,6,9-12,15H2,1-2H3,(H,20,23). The van der Waals surface area contributed by atoms with E-state index in [0.717, 1.165) is 24.3 Å². The average Bonchev–Trinajstić information content (AvgIpc) is 3.06. The summed E-state index contributed by atoms with van der Waals surface area (Å²) in [5.74, 6) is 0.628. The van der Waals surface area contributed by atoms with Crippen LogP contribution >= 0.6 is 0 Å². The SMILES string of the molecule is CC(C)COCCCNC(=O)CCc1cnn(-c2ccccc2)c1. The summed E-state index contributed by atoms with van der Waals surface area (Å²) < 4.78 is 7.32. The predicted molar refractivity (Wildman–Crippen MR) is 95.2 cm³/mol. The summed E-state index contributed by atoms with van der Waals surface area (Å²) in [6.07, 6.45) is 5.82. The number of nitrogens with zero attached hydrogens (tertiary/aromatic N) is 2. The van der Waals surface area contributed by atoms with E-state index in [2.05, 4.69) is 24.3 Å². The quantitative estimate of drug-likeness (QED) is 0.682. The Balaban J connectivity index is 1.63. The molecule has 0 aliphatic carbocycles.